The molecule has 0 aliphatic carbocycles. The van der Waals surface area contributed by atoms with Gasteiger partial charge in [0.2, 0.25) is 0 Å². The summed E-state index contributed by atoms with van der Waals surface area (Å²) in [6.45, 7) is -0.760. The third-order valence-electron chi connectivity index (χ3n) is 4.17. The lowest BCUT2D eigenvalue weighted by atomic mass is 9.97. The first-order valence-corrected chi connectivity index (χ1v) is 9.18. The maximum absolute atomic E-state index is 11.1. The zero-order valence-corrected chi connectivity index (χ0v) is 14.0. The molecular formula is C12H22O13S. The van der Waals surface area contributed by atoms with Crippen molar-refractivity contribution in [3.8, 4) is 0 Å². The van der Waals surface area contributed by atoms with Crippen molar-refractivity contribution in [1.29, 1.82) is 0 Å². The second kappa shape index (κ2) is 8.26. The van der Waals surface area contributed by atoms with E-state index in [0.29, 0.717) is 0 Å². The minimum Gasteiger partial charge on any atom is -0.394 e. The Labute approximate surface area is 147 Å². The summed E-state index contributed by atoms with van der Waals surface area (Å²) in [5, 5.41) is 67.7. The Bertz CT molecular complexity index is 567. The van der Waals surface area contributed by atoms with Gasteiger partial charge in [0.1, 0.15) is 54.6 Å². The number of hydrogen-bond donors (Lipinski definition) is 8. The third kappa shape index (κ3) is 4.67. The molecule has 2 heterocycles. The third-order valence-corrected chi connectivity index (χ3v) is 4.92. The van der Waals surface area contributed by atoms with Crippen molar-refractivity contribution in [2.75, 3.05) is 12.4 Å². The average molecular weight is 406 g/mol. The van der Waals surface area contributed by atoms with Gasteiger partial charge in [0.25, 0.3) is 10.1 Å². The van der Waals surface area contributed by atoms with Crippen molar-refractivity contribution in [3.05, 3.63) is 0 Å². The highest BCUT2D eigenvalue weighted by molar-refractivity contribution is 7.85. The van der Waals surface area contributed by atoms with Crippen LogP contribution in [-0.2, 0) is 24.3 Å². The zero-order valence-electron chi connectivity index (χ0n) is 13.2. The molecule has 8 N–H and O–H groups in total. The van der Waals surface area contributed by atoms with Crippen LogP contribution in [0.2, 0.25) is 0 Å². The van der Waals surface area contributed by atoms with Crippen LogP contribution in [0.3, 0.4) is 0 Å². The highest BCUT2D eigenvalue weighted by atomic mass is 32.2. The molecule has 0 aromatic heterocycles. The van der Waals surface area contributed by atoms with Crippen LogP contribution in [0, 0.1) is 0 Å². The fourth-order valence-corrected chi connectivity index (χ4v) is 3.45. The second-order valence-electron chi connectivity index (χ2n) is 6.09. The molecule has 13 nitrogen and oxygen atoms in total. The first-order valence-electron chi connectivity index (χ1n) is 7.57. The number of ether oxygens (including phenoxy) is 3. The van der Waals surface area contributed by atoms with Gasteiger partial charge in [-0.3, -0.25) is 4.55 Å². The van der Waals surface area contributed by atoms with Crippen LogP contribution in [0.1, 0.15) is 0 Å². The Balaban J connectivity index is 2.21. The summed E-state index contributed by atoms with van der Waals surface area (Å²) in [4.78, 5) is 0. The molecule has 26 heavy (non-hydrogen) atoms. The summed E-state index contributed by atoms with van der Waals surface area (Å²) < 4.78 is 46.3. The van der Waals surface area contributed by atoms with Crippen LogP contribution in [-0.4, -0.2) is 122 Å². The van der Waals surface area contributed by atoms with Crippen LogP contribution in [0.4, 0.5) is 0 Å². The Morgan fingerprint density at radius 1 is 0.808 bits per heavy atom. The fourth-order valence-electron chi connectivity index (χ4n) is 2.76. The molecule has 2 fully saturated rings. The van der Waals surface area contributed by atoms with Crippen molar-refractivity contribution in [1.82, 2.24) is 0 Å². The summed E-state index contributed by atoms with van der Waals surface area (Å²) in [6, 6.07) is 0. The van der Waals surface area contributed by atoms with Gasteiger partial charge >= 0.3 is 0 Å². The lowest BCUT2D eigenvalue weighted by Crippen LogP contribution is -2.64. The van der Waals surface area contributed by atoms with Crippen molar-refractivity contribution < 1.29 is 62.9 Å². The predicted molar refractivity (Wildman–Crippen MR) is 77.9 cm³/mol. The molecule has 0 aromatic rings. The number of hydrogen-bond acceptors (Lipinski definition) is 12. The number of rotatable bonds is 5. The highest BCUT2D eigenvalue weighted by Crippen LogP contribution is 2.29. The van der Waals surface area contributed by atoms with Gasteiger partial charge in [-0.25, -0.2) is 0 Å². The molecule has 2 rings (SSSR count). The molecule has 154 valence electrons. The van der Waals surface area contributed by atoms with E-state index >= 15 is 0 Å². The van der Waals surface area contributed by atoms with Gasteiger partial charge in [-0.2, -0.15) is 8.42 Å². The first-order chi connectivity index (χ1) is 12.0. The SMILES string of the molecule is O=S(=O)(O)C[C@H]1O[C@@H](O)[C@H](O)[C@@H](O)[C@@H]1O[C@@H]1O[C@H](CO)[C@H](O)[C@H](O)[C@H]1O. The van der Waals surface area contributed by atoms with E-state index in [1.165, 1.54) is 0 Å². The van der Waals surface area contributed by atoms with Crippen molar-refractivity contribution in [2.45, 2.75) is 61.4 Å². The maximum Gasteiger partial charge on any atom is 0.267 e. The van der Waals surface area contributed by atoms with Crippen molar-refractivity contribution in [3.63, 3.8) is 0 Å². The van der Waals surface area contributed by atoms with Crippen LogP contribution >= 0.6 is 0 Å². The maximum atomic E-state index is 11.1. The zero-order chi connectivity index (χ0) is 19.8. The molecule has 14 heteroatoms. The first kappa shape index (κ1) is 21.8. The van der Waals surface area contributed by atoms with Crippen LogP contribution in [0.5, 0.6) is 0 Å². The summed E-state index contributed by atoms with van der Waals surface area (Å²) in [7, 11) is -4.65. The van der Waals surface area contributed by atoms with Gasteiger partial charge in [0, 0.05) is 0 Å². The predicted octanol–water partition coefficient (Wildman–Crippen LogP) is -5.50. The van der Waals surface area contributed by atoms with E-state index in [0.717, 1.165) is 0 Å². The minimum atomic E-state index is -4.65. The molecule has 0 radical (unpaired) electrons. The van der Waals surface area contributed by atoms with Gasteiger partial charge in [-0.15, -0.1) is 0 Å². The molecule has 0 bridgehead atoms. The van der Waals surface area contributed by atoms with Crippen LogP contribution in [0.25, 0.3) is 0 Å². The molecule has 2 aliphatic rings. The van der Waals surface area contributed by atoms with Gasteiger partial charge < -0.3 is 50.0 Å². The van der Waals surface area contributed by atoms with E-state index in [-0.39, 0.29) is 0 Å². The standard InChI is InChI=1S/C12H22O13S/c13-1-3-5(14)6(15)9(18)12(24-3)25-10-4(2-26(20,21)22)23-11(19)8(17)7(10)16/h3-19H,1-2H2,(H,20,21,22)/t3-,4-,5+,6+,7-,8-,9-,10-,11-,12+/m1/s1. The fraction of sp³-hybridized carbons (Fsp3) is 1.00. The van der Waals surface area contributed by atoms with Crippen molar-refractivity contribution in [2.24, 2.45) is 0 Å². The van der Waals surface area contributed by atoms with Gasteiger partial charge in [0.15, 0.2) is 12.6 Å². The second-order valence-corrected chi connectivity index (χ2v) is 7.59. The van der Waals surface area contributed by atoms with Crippen molar-refractivity contribution >= 4 is 10.1 Å². The van der Waals surface area contributed by atoms with Gasteiger partial charge in [-0.1, -0.05) is 0 Å². The lowest BCUT2D eigenvalue weighted by molar-refractivity contribution is -0.351. The summed E-state index contributed by atoms with van der Waals surface area (Å²) in [5.41, 5.74) is 0. The number of aliphatic hydroxyl groups is 7. The minimum absolute atomic E-state index is 0.760. The Morgan fingerprint density at radius 3 is 1.96 bits per heavy atom. The normalized spacial score (nSPS) is 47.7. The van der Waals surface area contributed by atoms with Gasteiger partial charge in [-0.05, 0) is 0 Å². The molecule has 0 unspecified atom stereocenters. The molecule has 2 saturated heterocycles. The van der Waals surface area contributed by atoms with E-state index in [4.69, 9.17) is 23.9 Å². The molecule has 0 amide bonds. The summed E-state index contributed by atoms with van der Waals surface area (Å²) >= 11 is 0. The lowest BCUT2D eigenvalue weighted by Gasteiger charge is -2.45. The Kier molecular flexibility index (Phi) is 6.92. The van der Waals surface area contributed by atoms with E-state index in [1.807, 2.05) is 0 Å². The topological polar surface area (TPSA) is 224 Å². The Morgan fingerprint density at radius 2 is 1.42 bits per heavy atom. The Hall–Kier alpha value is -0.490. The average Bonchev–Trinajstić information content (AvgIpc) is 2.55. The highest BCUT2D eigenvalue weighted by Gasteiger charge is 2.50. The van der Waals surface area contributed by atoms with E-state index in [2.05, 4.69) is 0 Å². The summed E-state index contributed by atoms with van der Waals surface area (Å²) in [5.74, 6) is -1.13. The molecule has 10 atom stereocenters. The smallest absolute Gasteiger partial charge is 0.267 e. The van der Waals surface area contributed by atoms with E-state index < -0.39 is 83.9 Å². The van der Waals surface area contributed by atoms with E-state index in [1.54, 1.807) is 0 Å². The molecule has 0 aromatic carbocycles. The summed E-state index contributed by atoms with van der Waals surface area (Å²) in [6.07, 6.45) is -17.7. The molecule has 0 spiro atoms. The van der Waals surface area contributed by atoms with Crippen LogP contribution in [0.15, 0.2) is 0 Å². The quantitative estimate of drug-likeness (QED) is 0.200. The molecular weight excluding hydrogens is 384 g/mol. The largest absolute Gasteiger partial charge is 0.394 e. The molecule has 0 saturated carbocycles. The number of aliphatic hydroxyl groups excluding tert-OH is 7. The van der Waals surface area contributed by atoms with Crippen LogP contribution < -0.4 is 0 Å². The monoisotopic (exact) mass is 406 g/mol. The molecule has 2 aliphatic heterocycles. The van der Waals surface area contributed by atoms with E-state index in [9.17, 15) is 39.1 Å². The van der Waals surface area contributed by atoms with Gasteiger partial charge in [0.05, 0.1) is 6.61 Å².